The highest BCUT2D eigenvalue weighted by molar-refractivity contribution is 5.93. The summed E-state index contributed by atoms with van der Waals surface area (Å²) in [5.41, 5.74) is 1.41. The van der Waals surface area contributed by atoms with Gasteiger partial charge in [0.05, 0.1) is 0 Å². The molecule has 1 saturated carbocycles. The van der Waals surface area contributed by atoms with Crippen molar-refractivity contribution < 1.29 is 19.1 Å². The monoisotopic (exact) mass is 501 g/mol. The van der Waals surface area contributed by atoms with Crippen LogP contribution in [0.15, 0.2) is 18.2 Å². The molecule has 2 N–H and O–H groups in total. The molecule has 2 rings (SSSR count). The van der Waals surface area contributed by atoms with E-state index in [0.717, 1.165) is 42.4 Å². The van der Waals surface area contributed by atoms with E-state index in [-0.39, 0.29) is 17.9 Å². The number of benzene rings is 1. The van der Waals surface area contributed by atoms with Crippen LogP contribution in [0.4, 0.5) is 4.79 Å². The largest absolute Gasteiger partial charge is 0.444 e. The zero-order chi connectivity index (χ0) is 27.3. The van der Waals surface area contributed by atoms with Crippen molar-refractivity contribution in [2.24, 2.45) is 0 Å². The number of alkyl carbamates (subject to hydrolysis) is 1. The van der Waals surface area contributed by atoms with Crippen LogP contribution in [0.3, 0.4) is 0 Å². The Hall–Kier alpha value is -2.57. The summed E-state index contributed by atoms with van der Waals surface area (Å²) in [5, 5.41) is 5.95. The molecule has 202 valence electrons. The zero-order valence-electron chi connectivity index (χ0n) is 23.8. The van der Waals surface area contributed by atoms with Crippen molar-refractivity contribution in [3.8, 4) is 0 Å². The normalized spacial score (nSPS) is 16.6. The first-order valence-electron chi connectivity index (χ1n) is 13.4. The Morgan fingerprint density at radius 2 is 1.58 bits per heavy atom. The molecular formula is C29H47N3O4. The second kappa shape index (κ2) is 12.1. The molecule has 0 heterocycles. The van der Waals surface area contributed by atoms with Crippen LogP contribution in [-0.4, -0.2) is 46.0 Å². The molecule has 0 bridgehead atoms. The Morgan fingerprint density at radius 3 is 2.08 bits per heavy atom. The predicted molar refractivity (Wildman–Crippen MR) is 144 cm³/mol. The molecule has 1 aliphatic carbocycles. The van der Waals surface area contributed by atoms with Crippen molar-refractivity contribution in [2.75, 3.05) is 0 Å². The van der Waals surface area contributed by atoms with Crippen molar-refractivity contribution in [3.05, 3.63) is 34.9 Å². The standard InChI is InChI=1S/C29H47N3O4/c1-10-29(8,9)32(26(34)21(4)30-27(35)36-28(5,6)7)24(23-19(2)15-14-16-20(23)3)25(33)31-22-17-12-11-13-18-22/h14-16,21-22,24H,10-13,17-18H2,1-9H3,(H,30,35)(H,31,33). The van der Waals surface area contributed by atoms with Gasteiger partial charge in [0.1, 0.15) is 17.7 Å². The summed E-state index contributed by atoms with van der Waals surface area (Å²) in [5.74, 6) is -0.488. The Bertz CT molecular complexity index is 909. The summed E-state index contributed by atoms with van der Waals surface area (Å²) in [6.07, 6.45) is 5.26. The number of carbonyl (C=O) groups is 3. The Morgan fingerprint density at radius 1 is 1.03 bits per heavy atom. The Balaban J connectivity index is 2.53. The minimum Gasteiger partial charge on any atom is -0.444 e. The zero-order valence-corrected chi connectivity index (χ0v) is 23.8. The van der Waals surface area contributed by atoms with Crippen LogP contribution in [0.25, 0.3) is 0 Å². The van der Waals surface area contributed by atoms with Crippen LogP contribution >= 0.6 is 0 Å². The second-order valence-electron chi connectivity index (χ2n) is 11.8. The van der Waals surface area contributed by atoms with E-state index in [2.05, 4.69) is 10.6 Å². The molecule has 36 heavy (non-hydrogen) atoms. The number of hydrogen-bond donors (Lipinski definition) is 2. The molecule has 1 fully saturated rings. The summed E-state index contributed by atoms with van der Waals surface area (Å²) in [7, 11) is 0. The number of amides is 3. The molecule has 1 aromatic rings. The third-order valence-electron chi connectivity index (χ3n) is 7.13. The Labute approximate surface area is 217 Å². The van der Waals surface area contributed by atoms with Gasteiger partial charge in [0.15, 0.2) is 0 Å². The van der Waals surface area contributed by atoms with Crippen LogP contribution in [0.5, 0.6) is 0 Å². The first-order valence-corrected chi connectivity index (χ1v) is 13.4. The van der Waals surface area contributed by atoms with E-state index in [9.17, 15) is 14.4 Å². The van der Waals surface area contributed by atoms with Gasteiger partial charge in [-0.1, -0.05) is 44.4 Å². The van der Waals surface area contributed by atoms with Crippen LogP contribution in [0, 0.1) is 13.8 Å². The maximum atomic E-state index is 14.1. The number of rotatable bonds is 8. The molecule has 2 atom stereocenters. The first kappa shape index (κ1) is 29.7. The minimum atomic E-state index is -0.875. The van der Waals surface area contributed by atoms with Crippen LogP contribution in [0.2, 0.25) is 0 Å². The van der Waals surface area contributed by atoms with Gasteiger partial charge in [-0.25, -0.2) is 4.79 Å². The fraction of sp³-hybridized carbons (Fsp3) is 0.690. The van der Waals surface area contributed by atoms with E-state index < -0.39 is 29.3 Å². The highest BCUT2D eigenvalue weighted by Crippen LogP contribution is 2.35. The number of nitrogens with one attached hydrogen (secondary N) is 2. The van der Waals surface area contributed by atoms with E-state index in [1.54, 1.807) is 32.6 Å². The summed E-state index contributed by atoms with van der Waals surface area (Å²) >= 11 is 0. The molecular weight excluding hydrogens is 454 g/mol. The van der Waals surface area contributed by atoms with Crippen molar-refractivity contribution in [1.29, 1.82) is 0 Å². The minimum absolute atomic E-state index is 0.108. The third-order valence-corrected chi connectivity index (χ3v) is 7.13. The fourth-order valence-corrected chi connectivity index (χ4v) is 4.86. The average molecular weight is 502 g/mol. The smallest absolute Gasteiger partial charge is 0.408 e. The van der Waals surface area contributed by atoms with Crippen molar-refractivity contribution in [1.82, 2.24) is 15.5 Å². The number of carbonyl (C=O) groups excluding carboxylic acids is 3. The van der Waals surface area contributed by atoms with E-state index >= 15 is 0 Å². The highest BCUT2D eigenvalue weighted by Gasteiger charge is 2.43. The molecule has 7 nitrogen and oxygen atoms in total. The van der Waals surface area contributed by atoms with Gasteiger partial charge in [0.2, 0.25) is 11.8 Å². The maximum Gasteiger partial charge on any atom is 0.408 e. The topological polar surface area (TPSA) is 87.7 Å². The predicted octanol–water partition coefficient (Wildman–Crippen LogP) is 5.72. The molecule has 1 aliphatic rings. The average Bonchev–Trinajstić information content (AvgIpc) is 2.77. The lowest BCUT2D eigenvalue weighted by Gasteiger charge is -2.45. The molecule has 2 unspecified atom stereocenters. The SMILES string of the molecule is CCC(C)(C)N(C(=O)C(C)NC(=O)OC(C)(C)C)C(C(=O)NC1CCCCC1)c1c(C)cccc1C. The third kappa shape index (κ3) is 7.71. The van der Waals surface area contributed by atoms with Crippen molar-refractivity contribution in [3.63, 3.8) is 0 Å². The van der Waals surface area contributed by atoms with Gasteiger partial charge < -0.3 is 20.3 Å². The molecule has 1 aromatic carbocycles. The molecule has 7 heteroatoms. The second-order valence-corrected chi connectivity index (χ2v) is 11.8. The molecule has 0 spiro atoms. The molecule has 0 radical (unpaired) electrons. The first-order chi connectivity index (χ1) is 16.7. The number of nitrogens with zero attached hydrogens (tertiary/aromatic N) is 1. The van der Waals surface area contributed by atoms with E-state index in [0.29, 0.717) is 6.42 Å². The lowest BCUT2D eigenvalue weighted by molar-refractivity contribution is -0.149. The Kier molecular flexibility index (Phi) is 9.98. The van der Waals surface area contributed by atoms with Crippen LogP contribution in [0.1, 0.15) is 110 Å². The molecule has 0 aromatic heterocycles. The maximum absolute atomic E-state index is 14.1. The van der Waals surface area contributed by atoms with E-state index in [1.807, 2.05) is 52.8 Å². The van der Waals surface area contributed by atoms with Gasteiger partial charge >= 0.3 is 6.09 Å². The summed E-state index contributed by atoms with van der Waals surface area (Å²) in [4.78, 5) is 42.3. The number of ether oxygens (including phenoxy) is 1. The quantitative estimate of drug-likeness (QED) is 0.477. The highest BCUT2D eigenvalue weighted by atomic mass is 16.6. The summed E-state index contributed by atoms with van der Waals surface area (Å²) < 4.78 is 5.38. The number of aryl methyl sites for hydroxylation is 2. The lowest BCUT2D eigenvalue weighted by Crippen LogP contribution is -2.59. The van der Waals surface area contributed by atoms with Crippen molar-refractivity contribution >= 4 is 17.9 Å². The van der Waals surface area contributed by atoms with Gasteiger partial charge in [-0.3, -0.25) is 9.59 Å². The van der Waals surface area contributed by atoms with Gasteiger partial charge in [0, 0.05) is 11.6 Å². The fourth-order valence-electron chi connectivity index (χ4n) is 4.86. The molecule has 0 aliphatic heterocycles. The van der Waals surface area contributed by atoms with Gasteiger partial charge in [-0.2, -0.15) is 0 Å². The van der Waals surface area contributed by atoms with E-state index in [1.165, 1.54) is 6.42 Å². The van der Waals surface area contributed by atoms with Crippen molar-refractivity contribution in [2.45, 2.75) is 130 Å². The van der Waals surface area contributed by atoms with E-state index in [4.69, 9.17) is 4.74 Å². The van der Waals surface area contributed by atoms with Crippen LogP contribution in [-0.2, 0) is 14.3 Å². The summed E-state index contributed by atoms with van der Waals surface area (Å²) in [6.45, 7) is 16.9. The number of hydrogen-bond acceptors (Lipinski definition) is 4. The van der Waals surface area contributed by atoms with Gasteiger partial charge in [-0.15, -0.1) is 0 Å². The van der Waals surface area contributed by atoms with Gasteiger partial charge in [0.25, 0.3) is 0 Å². The van der Waals surface area contributed by atoms with Crippen LogP contribution < -0.4 is 10.6 Å². The summed E-state index contributed by atoms with van der Waals surface area (Å²) in [6, 6.07) is 4.34. The molecule has 3 amide bonds. The lowest BCUT2D eigenvalue weighted by atomic mass is 9.88. The molecule has 0 saturated heterocycles. The van der Waals surface area contributed by atoms with Gasteiger partial charge in [-0.05, 0) is 91.3 Å².